The van der Waals surface area contributed by atoms with E-state index in [0.717, 1.165) is 17.1 Å². The Morgan fingerprint density at radius 1 is 0.719 bits per heavy atom. The van der Waals surface area contributed by atoms with Gasteiger partial charge in [0, 0.05) is 79.1 Å². The first kappa shape index (κ1) is 50.4. The third-order valence-corrected chi connectivity index (χ3v) is 14.9. The van der Waals surface area contributed by atoms with E-state index in [4.69, 9.17) is 0 Å². The van der Waals surface area contributed by atoms with Gasteiger partial charge in [0.05, 0.1) is 26.7 Å². The lowest BCUT2D eigenvalue weighted by Gasteiger charge is -2.30. The molecule has 0 fully saturated rings. The first-order chi connectivity index (χ1) is 29.6. The van der Waals surface area contributed by atoms with Gasteiger partial charge in [0.25, 0.3) is 52.3 Å². The highest BCUT2D eigenvalue weighted by molar-refractivity contribution is 7.86. The Morgan fingerprint density at radius 2 is 1.31 bits per heavy atom. The van der Waals surface area contributed by atoms with Crippen molar-refractivity contribution < 1.29 is 70.8 Å². The average Bonchev–Trinajstić information content (AvgIpc) is 3.70. The summed E-state index contributed by atoms with van der Waals surface area (Å²) in [5.41, 5.74) is 1.50. The maximum atomic E-state index is 12.6. The molecule has 5 rings (SSSR count). The lowest BCUT2D eigenvalue weighted by molar-refractivity contribution is -0.437. The largest absolute Gasteiger partial charge is 0.354 e. The van der Waals surface area contributed by atoms with Crippen LogP contribution < -0.4 is 10.2 Å². The summed E-state index contributed by atoms with van der Waals surface area (Å²) in [4.78, 5) is 38.4. The monoisotopic (exact) mass is 969 g/mol. The van der Waals surface area contributed by atoms with Gasteiger partial charge in [-0.1, -0.05) is 18.9 Å². The molecular formula is C41H53N4O15S4+. The molecule has 64 heavy (non-hydrogen) atoms. The smallest absolute Gasteiger partial charge is 0.294 e. The fraction of sp³-hybridized carbons (Fsp3) is 0.463. The summed E-state index contributed by atoms with van der Waals surface area (Å²) in [6.07, 6.45) is 9.92. The summed E-state index contributed by atoms with van der Waals surface area (Å²) in [6, 6.07) is 8.26. The van der Waals surface area contributed by atoms with E-state index in [-0.39, 0.29) is 67.4 Å². The second-order valence-electron chi connectivity index (χ2n) is 16.6. The number of rotatable bonds is 22. The predicted molar refractivity (Wildman–Crippen MR) is 236 cm³/mol. The fourth-order valence-electron chi connectivity index (χ4n) is 8.43. The van der Waals surface area contributed by atoms with Crippen molar-refractivity contribution in [1.29, 1.82) is 0 Å². The van der Waals surface area contributed by atoms with Crippen LogP contribution in [0.25, 0.3) is 0 Å². The molecule has 1 unspecified atom stereocenters. The number of carbonyl (C=O) groups excluding carboxylic acids is 3. The minimum atomic E-state index is -4.66. The number of allylic oxidation sites excluding steroid dienone is 4. The van der Waals surface area contributed by atoms with Gasteiger partial charge >= 0.3 is 0 Å². The number of anilines is 1. The topological polar surface area (TPSA) is 290 Å². The summed E-state index contributed by atoms with van der Waals surface area (Å²) in [6.45, 7) is 6.05. The second kappa shape index (κ2) is 19.5. The molecule has 0 aromatic heterocycles. The second-order valence-corrected chi connectivity index (χ2v) is 22.6. The third kappa shape index (κ3) is 12.2. The SMILES string of the molecule is CC1(C)C(C=CC=C2N(CCCCCC(=O)NCCN3C(=O)C=CC3=O)c3ccc(S(=O)(=O)O)cc3C2(C)CCCCS(=O)(=O)O)=[N+](CCCS(=O)(=O)O)c2ccc(S(=O)(=O)O)cc21. The first-order valence-corrected chi connectivity index (χ1v) is 26.5. The highest BCUT2D eigenvalue weighted by atomic mass is 32.2. The summed E-state index contributed by atoms with van der Waals surface area (Å²) in [5, 5.41) is 2.71. The van der Waals surface area contributed by atoms with Gasteiger partial charge in [-0.15, -0.1) is 0 Å². The van der Waals surface area contributed by atoms with Crippen LogP contribution in [0.1, 0.15) is 83.3 Å². The number of amides is 3. The van der Waals surface area contributed by atoms with Crippen molar-refractivity contribution in [3.8, 4) is 0 Å². The molecule has 19 nitrogen and oxygen atoms in total. The van der Waals surface area contributed by atoms with Crippen molar-refractivity contribution in [2.45, 2.75) is 92.8 Å². The van der Waals surface area contributed by atoms with Gasteiger partial charge in [-0.25, -0.2) is 0 Å². The van der Waals surface area contributed by atoms with E-state index < -0.39 is 74.6 Å². The number of nitrogens with zero attached hydrogens (tertiary/aromatic N) is 3. The van der Waals surface area contributed by atoms with E-state index in [1.165, 1.54) is 30.3 Å². The summed E-state index contributed by atoms with van der Waals surface area (Å²) in [7, 11) is -17.9. The Bertz CT molecular complexity index is 2760. The van der Waals surface area contributed by atoms with Crippen molar-refractivity contribution in [3.63, 3.8) is 0 Å². The predicted octanol–water partition coefficient (Wildman–Crippen LogP) is 3.71. The van der Waals surface area contributed by atoms with Crippen LogP contribution in [0.2, 0.25) is 0 Å². The minimum absolute atomic E-state index is 0.00631. The molecule has 1 atom stereocenters. The van der Waals surface area contributed by atoms with Crippen LogP contribution in [0.15, 0.2) is 82.3 Å². The van der Waals surface area contributed by atoms with Gasteiger partial charge in [-0.05, 0) is 88.4 Å². The average molecular weight is 970 g/mol. The Morgan fingerprint density at radius 3 is 1.92 bits per heavy atom. The van der Waals surface area contributed by atoms with E-state index in [1.54, 1.807) is 28.9 Å². The van der Waals surface area contributed by atoms with Gasteiger partial charge < -0.3 is 10.2 Å². The van der Waals surface area contributed by atoms with E-state index in [1.807, 2.05) is 25.7 Å². The van der Waals surface area contributed by atoms with Gasteiger partial charge in [-0.3, -0.25) is 37.5 Å². The van der Waals surface area contributed by atoms with Crippen molar-refractivity contribution in [1.82, 2.24) is 10.2 Å². The third-order valence-electron chi connectivity index (χ3n) is 11.6. The molecule has 3 amide bonds. The van der Waals surface area contributed by atoms with E-state index >= 15 is 0 Å². The number of benzene rings is 2. The molecule has 3 heterocycles. The van der Waals surface area contributed by atoms with Crippen molar-refractivity contribution in [2.75, 3.05) is 42.6 Å². The van der Waals surface area contributed by atoms with Crippen LogP contribution in [-0.4, -0.2) is 122 Å². The zero-order valence-electron chi connectivity index (χ0n) is 35.5. The maximum absolute atomic E-state index is 12.6. The lowest BCUT2D eigenvalue weighted by atomic mass is 9.77. The van der Waals surface area contributed by atoms with Crippen LogP contribution in [0.5, 0.6) is 0 Å². The Kier molecular flexibility index (Phi) is 15.3. The number of imide groups is 1. The van der Waals surface area contributed by atoms with Gasteiger partial charge in [-0.2, -0.15) is 38.2 Å². The minimum Gasteiger partial charge on any atom is -0.354 e. The maximum Gasteiger partial charge on any atom is 0.294 e. The van der Waals surface area contributed by atoms with Crippen LogP contribution in [0.4, 0.5) is 11.4 Å². The molecule has 0 saturated heterocycles. The lowest BCUT2D eigenvalue weighted by Crippen LogP contribution is -2.38. The van der Waals surface area contributed by atoms with Gasteiger partial charge in [0.1, 0.15) is 6.54 Å². The van der Waals surface area contributed by atoms with E-state index in [9.17, 15) is 66.3 Å². The fourth-order valence-corrected chi connectivity index (χ4v) is 10.5. The molecule has 2 aromatic rings. The van der Waals surface area contributed by atoms with Crippen molar-refractivity contribution >= 4 is 75.3 Å². The van der Waals surface area contributed by atoms with Crippen molar-refractivity contribution in [3.05, 3.63) is 83.6 Å². The molecule has 3 aliphatic rings. The summed E-state index contributed by atoms with van der Waals surface area (Å²) >= 11 is 0. The molecule has 0 radical (unpaired) electrons. The number of fused-ring (bicyclic) bond motifs is 2. The molecule has 0 bridgehead atoms. The van der Waals surface area contributed by atoms with Gasteiger partial charge in [0.2, 0.25) is 11.6 Å². The summed E-state index contributed by atoms with van der Waals surface area (Å²) < 4.78 is 136. The van der Waals surface area contributed by atoms with E-state index in [0.29, 0.717) is 59.7 Å². The molecule has 0 spiro atoms. The normalized spacial score (nSPS) is 19.4. The number of hydrogen-bond donors (Lipinski definition) is 5. The quantitative estimate of drug-likeness (QED) is 0.0486. The Balaban J connectivity index is 1.48. The zero-order valence-corrected chi connectivity index (χ0v) is 38.8. The summed E-state index contributed by atoms with van der Waals surface area (Å²) in [5.74, 6) is -2.23. The van der Waals surface area contributed by atoms with Crippen LogP contribution in [0.3, 0.4) is 0 Å². The Labute approximate surface area is 373 Å². The van der Waals surface area contributed by atoms with Crippen molar-refractivity contribution in [2.24, 2.45) is 0 Å². The molecule has 23 heteroatoms. The first-order valence-electron chi connectivity index (χ1n) is 20.4. The zero-order chi connectivity index (χ0) is 47.5. The molecule has 0 saturated carbocycles. The van der Waals surface area contributed by atoms with Crippen LogP contribution >= 0.6 is 0 Å². The standard InChI is InChI=1S/C41H52N4O15S4/c1-40(2)31-27-29(63(55,56)57)14-16-33(31)43(23-10-26-62(52,53)54)35(40)11-9-12-36-41(3,20-6-8-25-61(49,50)51)32-28-30(64(58,59)60)15-17-34(32)44(36)22-7-4-5-13-37(46)42-21-24-45-38(47)18-19-39(45)48/h9,11-12,14-19,27-28H,4-8,10,13,20-26H2,1-3H3,(H4-,42,46,49,50,51,52,53,54,55,56,57,58,59,60)/p+1. The highest BCUT2D eigenvalue weighted by Gasteiger charge is 2.46. The molecule has 5 N–H and O–H groups in total. The van der Waals surface area contributed by atoms with E-state index in [2.05, 4.69) is 5.32 Å². The molecule has 2 aromatic carbocycles. The van der Waals surface area contributed by atoms with Gasteiger partial charge in [0.15, 0.2) is 5.71 Å². The molecule has 3 aliphatic heterocycles. The number of unbranched alkanes of at least 4 members (excludes halogenated alkanes) is 3. The van der Waals surface area contributed by atoms with Crippen LogP contribution in [0, 0.1) is 0 Å². The molecular weight excluding hydrogens is 917 g/mol. The highest BCUT2D eigenvalue weighted by Crippen LogP contribution is 2.51. The number of hydrogen-bond acceptors (Lipinski definition) is 12. The Hall–Kier alpha value is -4.62. The molecule has 0 aliphatic carbocycles. The van der Waals surface area contributed by atoms with Crippen LogP contribution in [-0.2, 0) is 65.7 Å². The number of carbonyl (C=O) groups is 3. The number of nitrogens with one attached hydrogen (secondary N) is 1. The molecule has 350 valence electrons.